The lowest BCUT2D eigenvalue weighted by atomic mass is 10.3. The number of aryl methyl sites for hydroxylation is 2. The summed E-state index contributed by atoms with van der Waals surface area (Å²) in [6.07, 6.45) is -2.45. The van der Waals surface area contributed by atoms with Gasteiger partial charge < -0.3 is 15.2 Å². The van der Waals surface area contributed by atoms with Gasteiger partial charge in [-0.1, -0.05) is 12.1 Å². The predicted molar refractivity (Wildman–Crippen MR) is 67.7 cm³/mol. The standard InChI is InChI=1S/C11H13F3N6O2/c1-3-6-7(5-20(2)18-6)16-10(21)15-4-8-17-9(19-22-8)11(12,13)14/h5H,3-4H2,1-2H3,(H2,15,16,21). The Bertz CT molecular complexity index is 663. The fourth-order valence-corrected chi connectivity index (χ4v) is 1.66. The number of aromatic nitrogens is 4. The molecular weight excluding hydrogens is 305 g/mol. The maximum Gasteiger partial charge on any atom is 0.455 e. The topological polar surface area (TPSA) is 97.9 Å². The molecule has 2 heterocycles. The second-order valence-corrected chi connectivity index (χ2v) is 4.33. The van der Waals surface area contributed by atoms with Crippen LogP contribution in [0, 0.1) is 0 Å². The largest absolute Gasteiger partial charge is 0.455 e. The van der Waals surface area contributed by atoms with Gasteiger partial charge >= 0.3 is 12.2 Å². The summed E-state index contributed by atoms with van der Waals surface area (Å²) in [5.41, 5.74) is 1.21. The van der Waals surface area contributed by atoms with Crippen molar-refractivity contribution in [3.63, 3.8) is 0 Å². The Hall–Kier alpha value is -2.59. The molecule has 120 valence electrons. The van der Waals surface area contributed by atoms with Crippen molar-refractivity contribution in [1.82, 2.24) is 25.2 Å². The van der Waals surface area contributed by atoms with E-state index in [9.17, 15) is 18.0 Å². The Labute approximate surface area is 122 Å². The van der Waals surface area contributed by atoms with Crippen LogP contribution in [0.3, 0.4) is 0 Å². The van der Waals surface area contributed by atoms with Crippen molar-refractivity contribution in [1.29, 1.82) is 0 Å². The van der Waals surface area contributed by atoms with Crippen LogP contribution in [-0.2, 0) is 26.2 Å². The number of carbonyl (C=O) groups excluding carboxylic acids is 1. The van der Waals surface area contributed by atoms with Crippen molar-refractivity contribution < 1.29 is 22.5 Å². The molecule has 0 saturated heterocycles. The summed E-state index contributed by atoms with van der Waals surface area (Å²) in [6.45, 7) is 1.55. The minimum absolute atomic E-state index is 0.323. The lowest BCUT2D eigenvalue weighted by Gasteiger charge is -2.04. The first-order valence-corrected chi connectivity index (χ1v) is 6.26. The van der Waals surface area contributed by atoms with E-state index >= 15 is 0 Å². The second kappa shape index (κ2) is 6.03. The zero-order valence-electron chi connectivity index (χ0n) is 11.7. The van der Waals surface area contributed by atoms with E-state index in [2.05, 4.69) is 30.4 Å². The Kier molecular flexibility index (Phi) is 4.33. The third kappa shape index (κ3) is 3.74. The number of urea groups is 1. The molecule has 11 heteroatoms. The monoisotopic (exact) mass is 318 g/mol. The normalized spacial score (nSPS) is 11.5. The highest BCUT2D eigenvalue weighted by Gasteiger charge is 2.37. The van der Waals surface area contributed by atoms with Crippen LogP contribution in [-0.4, -0.2) is 26.0 Å². The van der Waals surface area contributed by atoms with E-state index in [4.69, 9.17) is 0 Å². The van der Waals surface area contributed by atoms with Crippen LogP contribution >= 0.6 is 0 Å². The number of amides is 2. The number of rotatable bonds is 4. The van der Waals surface area contributed by atoms with Gasteiger partial charge in [0.2, 0.25) is 5.89 Å². The number of hydrogen-bond acceptors (Lipinski definition) is 5. The minimum atomic E-state index is -4.68. The SMILES string of the molecule is CCc1nn(C)cc1NC(=O)NCc1nc(C(F)(F)F)no1. The first-order valence-electron chi connectivity index (χ1n) is 6.26. The van der Waals surface area contributed by atoms with Crippen molar-refractivity contribution >= 4 is 11.7 Å². The van der Waals surface area contributed by atoms with Crippen LogP contribution in [0.25, 0.3) is 0 Å². The average molecular weight is 318 g/mol. The van der Waals surface area contributed by atoms with Gasteiger partial charge in [-0.3, -0.25) is 4.68 Å². The number of anilines is 1. The molecule has 0 aliphatic rings. The third-order valence-electron chi connectivity index (χ3n) is 2.61. The molecule has 22 heavy (non-hydrogen) atoms. The van der Waals surface area contributed by atoms with E-state index in [1.165, 1.54) is 0 Å². The Morgan fingerprint density at radius 2 is 2.18 bits per heavy atom. The number of hydrogen-bond donors (Lipinski definition) is 2. The molecule has 0 unspecified atom stereocenters. The van der Waals surface area contributed by atoms with Gasteiger partial charge in [0.25, 0.3) is 5.82 Å². The fraction of sp³-hybridized carbons (Fsp3) is 0.455. The molecule has 0 aliphatic carbocycles. The van der Waals surface area contributed by atoms with Crippen LogP contribution in [0.2, 0.25) is 0 Å². The van der Waals surface area contributed by atoms with E-state index in [0.717, 1.165) is 0 Å². The lowest BCUT2D eigenvalue weighted by Crippen LogP contribution is -2.28. The molecule has 0 spiro atoms. The number of nitrogens with one attached hydrogen (secondary N) is 2. The van der Waals surface area contributed by atoms with Crippen LogP contribution in [0.5, 0.6) is 0 Å². The van der Waals surface area contributed by atoms with Crippen LogP contribution in [0.1, 0.15) is 24.3 Å². The molecule has 8 nitrogen and oxygen atoms in total. The molecular formula is C11H13F3N6O2. The lowest BCUT2D eigenvalue weighted by molar-refractivity contribution is -0.146. The van der Waals surface area contributed by atoms with E-state index in [0.29, 0.717) is 17.8 Å². The van der Waals surface area contributed by atoms with Gasteiger partial charge in [-0.2, -0.15) is 23.3 Å². The summed E-state index contributed by atoms with van der Waals surface area (Å²) in [6, 6.07) is -0.616. The molecule has 2 aromatic heterocycles. The predicted octanol–water partition coefficient (Wildman–Crippen LogP) is 1.71. The second-order valence-electron chi connectivity index (χ2n) is 4.33. The molecule has 0 atom stereocenters. The van der Waals surface area contributed by atoms with E-state index in [1.54, 1.807) is 17.9 Å². The molecule has 2 rings (SSSR count). The smallest absolute Gasteiger partial charge is 0.337 e. The van der Waals surface area contributed by atoms with E-state index < -0.39 is 18.0 Å². The van der Waals surface area contributed by atoms with E-state index in [1.807, 2.05) is 6.92 Å². The van der Waals surface area contributed by atoms with Crippen LogP contribution in [0.4, 0.5) is 23.7 Å². The van der Waals surface area contributed by atoms with Gasteiger partial charge in [0.1, 0.15) is 0 Å². The molecule has 0 aromatic carbocycles. The van der Waals surface area contributed by atoms with E-state index in [-0.39, 0.29) is 12.4 Å². The molecule has 0 radical (unpaired) electrons. The molecule has 2 amide bonds. The molecule has 2 N–H and O–H groups in total. The summed E-state index contributed by atoms with van der Waals surface area (Å²) in [7, 11) is 1.71. The maximum absolute atomic E-state index is 12.3. The highest BCUT2D eigenvalue weighted by atomic mass is 19.4. The number of nitrogens with zero attached hydrogens (tertiary/aromatic N) is 4. The first kappa shape index (κ1) is 15.8. The number of carbonyl (C=O) groups is 1. The summed E-state index contributed by atoms with van der Waals surface area (Å²) < 4.78 is 42.8. The Balaban J connectivity index is 1.91. The van der Waals surface area contributed by atoms with Crippen LogP contribution in [0.15, 0.2) is 10.7 Å². The first-order chi connectivity index (χ1) is 10.3. The van der Waals surface area contributed by atoms with Gasteiger partial charge in [0, 0.05) is 13.2 Å². The van der Waals surface area contributed by atoms with Crippen molar-refractivity contribution in [2.75, 3.05) is 5.32 Å². The number of halogens is 3. The highest BCUT2D eigenvalue weighted by Crippen LogP contribution is 2.26. The zero-order valence-corrected chi connectivity index (χ0v) is 11.7. The Morgan fingerprint density at radius 1 is 1.45 bits per heavy atom. The zero-order chi connectivity index (χ0) is 16.3. The van der Waals surface area contributed by atoms with Gasteiger partial charge in [0.05, 0.1) is 17.9 Å². The number of alkyl halides is 3. The Morgan fingerprint density at radius 3 is 2.77 bits per heavy atom. The molecule has 0 fully saturated rings. The molecule has 0 aliphatic heterocycles. The van der Waals surface area contributed by atoms with Crippen molar-refractivity contribution in [2.45, 2.75) is 26.1 Å². The van der Waals surface area contributed by atoms with Gasteiger partial charge in [0.15, 0.2) is 0 Å². The van der Waals surface area contributed by atoms with Crippen molar-refractivity contribution in [3.05, 3.63) is 23.6 Å². The molecule has 0 saturated carbocycles. The third-order valence-corrected chi connectivity index (χ3v) is 2.61. The quantitative estimate of drug-likeness (QED) is 0.894. The van der Waals surface area contributed by atoms with Gasteiger partial charge in [-0.05, 0) is 6.42 Å². The highest BCUT2D eigenvalue weighted by molar-refractivity contribution is 5.89. The van der Waals surface area contributed by atoms with Gasteiger partial charge in [-0.15, -0.1) is 0 Å². The summed E-state index contributed by atoms with van der Waals surface area (Å²) in [5.74, 6) is -1.73. The van der Waals surface area contributed by atoms with Crippen LogP contribution < -0.4 is 10.6 Å². The average Bonchev–Trinajstić information content (AvgIpc) is 3.02. The summed E-state index contributed by atoms with van der Waals surface area (Å²) in [5, 5.41) is 11.8. The maximum atomic E-state index is 12.3. The minimum Gasteiger partial charge on any atom is -0.337 e. The molecule has 0 bridgehead atoms. The molecule has 2 aromatic rings. The summed E-state index contributed by atoms with van der Waals surface area (Å²) >= 11 is 0. The fourth-order valence-electron chi connectivity index (χ4n) is 1.66. The summed E-state index contributed by atoms with van der Waals surface area (Å²) in [4.78, 5) is 14.8. The van der Waals surface area contributed by atoms with Crippen molar-refractivity contribution in [3.8, 4) is 0 Å². The van der Waals surface area contributed by atoms with Gasteiger partial charge in [-0.25, -0.2) is 4.79 Å². The van der Waals surface area contributed by atoms with Crippen molar-refractivity contribution in [2.24, 2.45) is 7.05 Å².